The molecule has 2 amide bonds. The molecule has 0 unspecified atom stereocenters. The largest absolute Gasteiger partial charge is 0.368 e. The van der Waals surface area contributed by atoms with Crippen molar-refractivity contribution >= 4 is 40.0 Å². The Morgan fingerprint density at radius 2 is 1.50 bits per heavy atom. The first kappa shape index (κ1) is 25.2. The third-order valence-electron chi connectivity index (χ3n) is 6.86. The molecule has 1 aromatic heterocycles. The molecule has 4 rings (SSSR count). The monoisotopic (exact) mass is 488 g/mol. The summed E-state index contributed by atoms with van der Waals surface area (Å²) in [6.45, 7) is 8.81. The lowest BCUT2D eigenvalue weighted by atomic mass is 10.1. The standard InChI is InChI=1S/C28H32N4O4/c1-4-29(5-2)26(34)19-32-18-24(23-8-6-7-9-25(23)32)27(35)28(36)31-16-14-30(15-17-31)22-12-10-21(11-13-22)20(3)33/h6-13,18H,4-5,14-17,19H2,1-3H3. The molecule has 0 radical (unpaired) electrons. The fourth-order valence-electron chi connectivity index (χ4n) is 4.71. The van der Waals surface area contributed by atoms with Crippen molar-refractivity contribution in [2.75, 3.05) is 44.2 Å². The third-order valence-corrected chi connectivity index (χ3v) is 6.86. The number of amides is 2. The topological polar surface area (TPSA) is 82.9 Å². The number of hydrogen-bond acceptors (Lipinski definition) is 5. The zero-order valence-electron chi connectivity index (χ0n) is 21.1. The Balaban J connectivity index is 1.47. The van der Waals surface area contributed by atoms with Crippen LogP contribution in [0.25, 0.3) is 10.9 Å². The van der Waals surface area contributed by atoms with Gasteiger partial charge in [0.05, 0.1) is 5.56 Å². The van der Waals surface area contributed by atoms with Crippen LogP contribution in [-0.4, -0.2) is 77.0 Å². The summed E-state index contributed by atoms with van der Waals surface area (Å²) >= 11 is 0. The number of aromatic nitrogens is 1. The second-order valence-electron chi connectivity index (χ2n) is 8.97. The quantitative estimate of drug-likeness (QED) is 0.359. The average Bonchev–Trinajstić information content (AvgIpc) is 3.27. The van der Waals surface area contributed by atoms with Crippen LogP contribution in [0.15, 0.2) is 54.7 Å². The van der Waals surface area contributed by atoms with E-state index in [0.717, 1.165) is 11.2 Å². The highest BCUT2D eigenvalue weighted by atomic mass is 16.2. The van der Waals surface area contributed by atoms with Crippen LogP contribution < -0.4 is 4.90 Å². The van der Waals surface area contributed by atoms with Crippen LogP contribution in [0.4, 0.5) is 5.69 Å². The number of para-hydroxylation sites is 1. The minimum absolute atomic E-state index is 0.0225. The number of rotatable bonds is 8. The van der Waals surface area contributed by atoms with Crippen LogP contribution >= 0.6 is 0 Å². The number of likely N-dealkylation sites (N-methyl/N-ethyl adjacent to an activating group) is 1. The number of hydrogen-bond donors (Lipinski definition) is 0. The van der Waals surface area contributed by atoms with Crippen LogP contribution in [0.5, 0.6) is 0 Å². The van der Waals surface area contributed by atoms with Crippen LogP contribution in [0, 0.1) is 0 Å². The Morgan fingerprint density at radius 3 is 2.11 bits per heavy atom. The van der Waals surface area contributed by atoms with Crippen LogP contribution in [-0.2, 0) is 16.1 Å². The van der Waals surface area contributed by atoms with Gasteiger partial charge in [0.1, 0.15) is 6.54 Å². The van der Waals surface area contributed by atoms with Gasteiger partial charge in [-0.1, -0.05) is 18.2 Å². The van der Waals surface area contributed by atoms with E-state index in [0.29, 0.717) is 55.8 Å². The molecule has 1 aliphatic heterocycles. The van der Waals surface area contributed by atoms with Gasteiger partial charge in [-0.2, -0.15) is 0 Å². The highest BCUT2D eigenvalue weighted by Gasteiger charge is 2.29. The zero-order chi connectivity index (χ0) is 25.8. The molecule has 8 nitrogen and oxygen atoms in total. The average molecular weight is 489 g/mol. The number of carbonyl (C=O) groups excluding carboxylic acids is 4. The SMILES string of the molecule is CCN(CC)C(=O)Cn1cc(C(=O)C(=O)N2CCN(c3ccc(C(C)=O)cc3)CC2)c2ccccc21. The van der Waals surface area contributed by atoms with Crippen molar-refractivity contribution < 1.29 is 19.2 Å². The van der Waals surface area contributed by atoms with Gasteiger partial charge in [0.2, 0.25) is 5.91 Å². The summed E-state index contributed by atoms with van der Waals surface area (Å²) in [6.07, 6.45) is 1.64. The third kappa shape index (κ3) is 5.03. The van der Waals surface area contributed by atoms with Gasteiger partial charge in [0.25, 0.3) is 11.7 Å². The number of benzene rings is 2. The number of carbonyl (C=O) groups is 4. The summed E-state index contributed by atoms with van der Waals surface area (Å²) in [5.74, 6) is -1.09. The van der Waals surface area contributed by atoms with Gasteiger partial charge >= 0.3 is 0 Å². The lowest BCUT2D eigenvalue weighted by Crippen LogP contribution is -2.50. The fraction of sp³-hybridized carbons (Fsp3) is 0.357. The number of piperazine rings is 1. The van der Waals surface area contributed by atoms with E-state index < -0.39 is 11.7 Å². The molecule has 0 spiro atoms. The predicted octanol–water partition coefficient (Wildman–Crippen LogP) is 3.24. The van der Waals surface area contributed by atoms with Crippen LogP contribution in [0.3, 0.4) is 0 Å². The van der Waals surface area contributed by atoms with Crippen LogP contribution in [0.1, 0.15) is 41.5 Å². The smallest absolute Gasteiger partial charge is 0.295 e. The first-order valence-corrected chi connectivity index (χ1v) is 12.4. The van der Waals surface area contributed by atoms with E-state index in [4.69, 9.17) is 0 Å². The summed E-state index contributed by atoms with van der Waals surface area (Å²) < 4.78 is 1.76. The Labute approximate surface area is 211 Å². The van der Waals surface area contributed by atoms with Gasteiger partial charge in [0.15, 0.2) is 5.78 Å². The molecular weight excluding hydrogens is 456 g/mol. The van der Waals surface area contributed by atoms with E-state index in [9.17, 15) is 19.2 Å². The number of ketones is 2. The van der Waals surface area contributed by atoms with E-state index in [-0.39, 0.29) is 18.2 Å². The van der Waals surface area contributed by atoms with Gasteiger partial charge < -0.3 is 19.3 Å². The summed E-state index contributed by atoms with van der Waals surface area (Å²) in [5.41, 5.74) is 2.73. The van der Waals surface area contributed by atoms with Gasteiger partial charge in [-0.05, 0) is 51.1 Å². The molecule has 188 valence electrons. The molecule has 0 saturated carbocycles. The number of fused-ring (bicyclic) bond motifs is 1. The molecule has 0 aliphatic carbocycles. The van der Waals surface area contributed by atoms with Crippen molar-refractivity contribution in [2.45, 2.75) is 27.3 Å². The van der Waals surface area contributed by atoms with E-state index in [2.05, 4.69) is 4.90 Å². The molecule has 1 aliphatic rings. The molecule has 36 heavy (non-hydrogen) atoms. The molecule has 8 heteroatoms. The van der Waals surface area contributed by atoms with E-state index in [1.165, 1.54) is 6.92 Å². The molecule has 2 aromatic carbocycles. The van der Waals surface area contributed by atoms with Crippen molar-refractivity contribution in [3.05, 3.63) is 65.9 Å². The van der Waals surface area contributed by atoms with Gasteiger partial charge in [-0.15, -0.1) is 0 Å². The maximum Gasteiger partial charge on any atom is 0.295 e. The van der Waals surface area contributed by atoms with Crippen molar-refractivity contribution in [1.29, 1.82) is 0 Å². The fourth-order valence-corrected chi connectivity index (χ4v) is 4.71. The zero-order valence-corrected chi connectivity index (χ0v) is 21.1. The lowest BCUT2D eigenvalue weighted by molar-refractivity contribution is -0.131. The van der Waals surface area contributed by atoms with Crippen molar-refractivity contribution in [1.82, 2.24) is 14.4 Å². The molecular formula is C28H32N4O4. The molecule has 0 N–H and O–H groups in total. The normalized spacial score (nSPS) is 13.6. The minimum Gasteiger partial charge on any atom is -0.368 e. The van der Waals surface area contributed by atoms with Crippen molar-refractivity contribution in [3.8, 4) is 0 Å². The highest BCUT2D eigenvalue weighted by Crippen LogP contribution is 2.24. The Kier molecular flexibility index (Phi) is 7.52. The Bertz CT molecular complexity index is 1280. The molecule has 1 saturated heterocycles. The number of nitrogens with zero attached hydrogens (tertiary/aromatic N) is 4. The Hall–Kier alpha value is -3.94. The number of Topliss-reactive ketones (excluding diaryl/α,β-unsaturated/α-hetero) is 2. The highest BCUT2D eigenvalue weighted by molar-refractivity contribution is 6.45. The van der Waals surface area contributed by atoms with E-state index >= 15 is 0 Å². The predicted molar refractivity (Wildman–Crippen MR) is 139 cm³/mol. The summed E-state index contributed by atoms with van der Waals surface area (Å²) in [4.78, 5) is 56.2. The lowest BCUT2D eigenvalue weighted by Gasteiger charge is -2.35. The maximum absolute atomic E-state index is 13.3. The van der Waals surface area contributed by atoms with E-state index in [1.807, 2.05) is 50.2 Å². The Morgan fingerprint density at radius 1 is 0.861 bits per heavy atom. The molecule has 3 aromatic rings. The molecule has 0 atom stereocenters. The maximum atomic E-state index is 13.3. The first-order valence-electron chi connectivity index (χ1n) is 12.4. The molecule has 0 bridgehead atoms. The van der Waals surface area contributed by atoms with Crippen molar-refractivity contribution in [2.24, 2.45) is 0 Å². The van der Waals surface area contributed by atoms with Gasteiger partial charge in [-0.25, -0.2) is 0 Å². The first-order chi connectivity index (χ1) is 17.3. The summed E-state index contributed by atoms with van der Waals surface area (Å²) in [7, 11) is 0. The second-order valence-corrected chi connectivity index (χ2v) is 8.97. The second kappa shape index (κ2) is 10.8. The van der Waals surface area contributed by atoms with Crippen molar-refractivity contribution in [3.63, 3.8) is 0 Å². The van der Waals surface area contributed by atoms with Gasteiger partial charge in [0, 0.05) is 67.6 Å². The van der Waals surface area contributed by atoms with Crippen LogP contribution in [0.2, 0.25) is 0 Å². The van der Waals surface area contributed by atoms with E-state index in [1.54, 1.807) is 32.7 Å². The van der Waals surface area contributed by atoms with Gasteiger partial charge in [-0.3, -0.25) is 19.2 Å². The minimum atomic E-state index is -0.556. The molecule has 1 fully saturated rings. The number of anilines is 1. The molecule has 2 heterocycles. The summed E-state index contributed by atoms with van der Waals surface area (Å²) in [6, 6.07) is 14.8. The summed E-state index contributed by atoms with van der Waals surface area (Å²) in [5, 5.41) is 0.674.